The average Bonchev–Trinajstić information content (AvgIpc) is 3.11. The van der Waals surface area contributed by atoms with E-state index in [0.717, 1.165) is 22.6 Å². The number of nitrogens with one attached hydrogen (secondary N) is 1. The summed E-state index contributed by atoms with van der Waals surface area (Å²) in [6.45, 7) is 1.86. The Bertz CT molecular complexity index is 718. The Balaban J connectivity index is 1.86. The molecule has 0 saturated carbocycles. The molecule has 3 nitrogen and oxygen atoms in total. The van der Waals surface area contributed by atoms with E-state index in [1.807, 2.05) is 52.7 Å². The van der Waals surface area contributed by atoms with Gasteiger partial charge in [-0.3, -0.25) is 9.78 Å². The summed E-state index contributed by atoms with van der Waals surface area (Å²) >= 11 is 3.19. The first-order valence-electron chi connectivity index (χ1n) is 6.08. The van der Waals surface area contributed by atoms with Crippen molar-refractivity contribution in [3.63, 3.8) is 0 Å². The Kier molecular flexibility index (Phi) is 3.62. The summed E-state index contributed by atoms with van der Waals surface area (Å²) < 4.78 is 0. The first-order chi connectivity index (χ1) is 9.74. The predicted octanol–water partition coefficient (Wildman–Crippen LogP) is 4.43. The van der Waals surface area contributed by atoms with E-state index in [1.165, 1.54) is 0 Å². The van der Waals surface area contributed by atoms with E-state index in [9.17, 15) is 4.79 Å². The zero-order valence-corrected chi connectivity index (χ0v) is 12.4. The molecule has 1 amide bonds. The van der Waals surface area contributed by atoms with Crippen LogP contribution in [0.25, 0.3) is 11.3 Å². The van der Waals surface area contributed by atoms with E-state index < -0.39 is 0 Å². The molecule has 3 aromatic heterocycles. The molecule has 0 atom stereocenters. The fourth-order valence-electron chi connectivity index (χ4n) is 1.91. The summed E-state index contributed by atoms with van der Waals surface area (Å²) in [4.78, 5) is 16.7. The van der Waals surface area contributed by atoms with Crippen LogP contribution in [0.2, 0.25) is 0 Å². The molecule has 5 heteroatoms. The summed E-state index contributed by atoms with van der Waals surface area (Å²) in [5, 5.41) is 10.8. The van der Waals surface area contributed by atoms with Crippen LogP contribution in [0, 0.1) is 6.92 Å². The molecule has 0 aliphatic rings. The number of carbonyl (C=O) groups excluding carboxylic acids is 1. The van der Waals surface area contributed by atoms with Crippen LogP contribution in [0.1, 0.15) is 16.1 Å². The van der Waals surface area contributed by atoms with Crippen molar-refractivity contribution in [1.29, 1.82) is 0 Å². The standard InChI is InChI=1S/C15H12N2OS2/c1-10-13(15(18)17-12-5-7-20-9-12)2-3-14(16-10)11-4-6-19-8-11/h2-9H,1H3,(H,17,18). The topological polar surface area (TPSA) is 42.0 Å². The fraction of sp³-hybridized carbons (Fsp3) is 0.0667. The number of aromatic nitrogens is 1. The van der Waals surface area contributed by atoms with Gasteiger partial charge in [-0.15, -0.1) is 0 Å². The molecule has 0 aromatic carbocycles. The zero-order valence-electron chi connectivity index (χ0n) is 10.8. The maximum absolute atomic E-state index is 12.2. The van der Waals surface area contributed by atoms with Gasteiger partial charge in [0.2, 0.25) is 0 Å². The molecule has 0 fully saturated rings. The lowest BCUT2D eigenvalue weighted by Crippen LogP contribution is -2.13. The number of hydrogen-bond donors (Lipinski definition) is 1. The lowest BCUT2D eigenvalue weighted by molar-refractivity contribution is 0.102. The highest BCUT2D eigenvalue weighted by Crippen LogP contribution is 2.22. The van der Waals surface area contributed by atoms with Crippen molar-refractivity contribution in [1.82, 2.24) is 4.98 Å². The van der Waals surface area contributed by atoms with Gasteiger partial charge in [0.15, 0.2) is 0 Å². The number of carbonyl (C=O) groups is 1. The maximum Gasteiger partial charge on any atom is 0.257 e. The predicted molar refractivity (Wildman–Crippen MR) is 84.6 cm³/mol. The summed E-state index contributed by atoms with van der Waals surface area (Å²) in [5.74, 6) is -0.120. The SMILES string of the molecule is Cc1nc(-c2ccsc2)ccc1C(=O)Nc1ccsc1. The third-order valence-electron chi connectivity index (χ3n) is 2.93. The minimum absolute atomic E-state index is 0.120. The van der Waals surface area contributed by atoms with Crippen LogP contribution >= 0.6 is 22.7 Å². The quantitative estimate of drug-likeness (QED) is 0.777. The second-order valence-corrected chi connectivity index (χ2v) is 5.87. The van der Waals surface area contributed by atoms with Crippen molar-refractivity contribution in [2.75, 3.05) is 5.32 Å². The van der Waals surface area contributed by atoms with Crippen LogP contribution in [0.4, 0.5) is 5.69 Å². The number of anilines is 1. The number of aryl methyl sites for hydroxylation is 1. The van der Waals surface area contributed by atoms with E-state index in [4.69, 9.17) is 0 Å². The lowest BCUT2D eigenvalue weighted by Gasteiger charge is -2.07. The van der Waals surface area contributed by atoms with Crippen LogP contribution in [0.3, 0.4) is 0 Å². The summed E-state index contributed by atoms with van der Waals surface area (Å²) in [6, 6.07) is 7.62. The molecular formula is C15H12N2OS2. The number of thiophene rings is 2. The normalized spacial score (nSPS) is 10.4. The van der Waals surface area contributed by atoms with Gasteiger partial charge in [-0.25, -0.2) is 0 Å². The largest absolute Gasteiger partial charge is 0.321 e. The van der Waals surface area contributed by atoms with Gasteiger partial charge in [0.25, 0.3) is 5.91 Å². The number of pyridine rings is 1. The molecule has 0 aliphatic heterocycles. The van der Waals surface area contributed by atoms with Gasteiger partial charge in [-0.05, 0) is 41.9 Å². The van der Waals surface area contributed by atoms with Gasteiger partial charge >= 0.3 is 0 Å². The molecule has 0 unspecified atom stereocenters. The van der Waals surface area contributed by atoms with Crippen molar-refractivity contribution in [2.24, 2.45) is 0 Å². The summed E-state index contributed by atoms with van der Waals surface area (Å²) in [6.07, 6.45) is 0. The van der Waals surface area contributed by atoms with Gasteiger partial charge in [0.05, 0.1) is 22.6 Å². The molecule has 0 aliphatic carbocycles. The number of nitrogens with zero attached hydrogens (tertiary/aromatic N) is 1. The molecule has 100 valence electrons. The Morgan fingerprint density at radius 3 is 2.55 bits per heavy atom. The molecule has 3 heterocycles. The van der Waals surface area contributed by atoms with Gasteiger partial charge < -0.3 is 5.32 Å². The molecule has 3 aromatic rings. The van der Waals surface area contributed by atoms with Crippen LogP contribution in [-0.4, -0.2) is 10.9 Å². The fourth-order valence-corrected chi connectivity index (χ4v) is 3.14. The molecule has 0 radical (unpaired) electrons. The first kappa shape index (κ1) is 13.0. The smallest absolute Gasteiger partial charge is 0.257 e. The number of rotatable bonds is 3. The van der Waals surface area contributed by atoms with E-state index >= 15 is 0 Å². The third kappa shape index (κ3) is 2.64. The zero-order chi connectivity index (χ0) is 13.9. The maximum atomic E-state index is 12.2. The van der Waals surface area contributed by atoms with Crippen LogP contribution in [0.15, 0.2) is 45.8 Å². The molecule has 1 N–H and O–H groups in total. The average molecular weight is 300 g/mol. The summed E-state index contributed by atoms with van der Waals surface area (Å²) in [7, 11) is 0. The Hall–Kier alpha value is -1.98. The molecule has 0 saturated heterocycles. The van der Waals surface area contributed by atoms with Crippen molar-refractivity contribution >= 4 is 34.3 Å². The highest BCUT2D eigenvalue weighted by Gasteiger charge is 2.12. The molecular weight excluding hydrogens is 288 g/mol. The molecule has 0 spiro atoms. The van der Waals surface area contributed by atoms with Crippen molar-refractivity contribution in [3.8, 4) is 11.3 Å². The molecule has 20 heavy (non-hydrogen) atoms. The van der Waals surface area contributed by atoms with Crippen molar-refractivity contribution in [2.45, 2.75) is 6.92 Å². The van der Waals surface area contributed by atoms with Gasteiger partial charge in [0.1, 0.15) is 0 Å². The first-order valence-corrected chi connectivity index (χ1v) is 7.96. The molecule has 0 bridgehead atoms. The summed E-state index contributed by atoms with van der Waals surface area (Å²) in [5.41, 5.74) is 4.15. The third-order valence-corrected chi connectivity index (χ3v) is 4.29. The number of amides is 1. The van der Waals surface area contributed by atoms with Gasteiger partial charge in [-0.2, -0.15) is 22.7 Å². The van der Waals surface area contributed by atoms with Crippen LogP contribution in [-0.2, 0) is 0 Å². The highest BCUT2D eigenvalue weighted by molar-refractivity contribution is 7.08. The van der Waals surface area contributed by atoms with Gasteiger partial charge in [0, 0.05) is 16.3 Å². The lowest BCUT2D eigenvalue weighted by atomic mass is 10.1. The van der Waals surface area contributed by atoms with Crippen molar-refractivity contribution < 1.29 is 4.79 Å². The Morgan fingerprint density at radius 1 is 1.10 bits per heavy atom. The monoisotopic (exact) mass is 300 g/mol. The Labute approximate surface area is 124 Å². The van der Waals surface area contributed by atoms with E-state index in [1.54, 1.807) is 22.7 Å². The number of hydrogen-bond acceptors (Lipinski definition) is 4. The van der Waals surface area contributed by atoms with E-state index in [2.05, 4.69) is 10.3 Å². The molecule has 3 rings (SSSR count). The minimum atomic E-state index is -0.120. The second kappa shape index (κ2) is 5.56. The van der Waals surface area contributed by atoms with E-state index in [0.29, 0.717) is 5.56 Å². The van der Waals surface area contributed by atoms with Crippen LogP contribution < -0.4 is 5.32 Å². The van der Waals surface area contributed by atoms with E-state index in [-0.39, 0.29) is 5.91 Å². The minimum Gasteiger partial charge on any atom is -0.321 e. The van der Waals surface area contributed by atoms with Gasteiger partial charge in [-0.1, -0.05) is 0 Å². The van der Waals surface area contributed by atoms with Crippen molar-refractivity contribution in [3.05, 3.63) is 57.0 Å². The Morgan fingerprint density at radius 2 is 1.90 bits per heavy atom. The highest BCUT2D eigenvalue weighted by atomic mass is 32.1. The van der Waals surface area contributed by atoms with Crippen LogP contribution in [0.5, 0.6) is 0 Å². The second-order valence-electron chi connectivity index (χ2n) is 4.31.